The van der Waals surface area contributed by atoms with Gasteiger partial charge in [0.05, 0.1) is 49.0 Å². The second-order valence-electron chi connectivity index (χ2n) is 9.44. The summed E-state index contributed by atoms with van der Waals surface area (Å²) in [4.78, 5) is 27.8. The van der Waals surface area contributed by atoms with Crippen molar-refractivity contribution in [1.82, 2.24) is 20.1 Å². The minimum Gasteiger partial charge on any atom is -0.489 e. The maximum atomic E-state index is 12.0. The van der Waals surface area contributed by atoms with E-state index in [2.05, 4.69) is 15.4 Å². The maximum absolute atomic E-state index is 12.0. The third-order valence-electron chi connectivity index (χ3n) is 5.39. The molecule has 1 saturated carbocycles. The van der Waals surface area contributed by atoms with Crippen molar-refractivity contribution >= 4 is 12.1 Å². The summed E-state index contributed by atoms with van der Waals surface area (Å²) >= 11 is 0. The first kappa shape index (κ1) is 23.6. The predicted octanol–water partition coefficient (Wildman–Crippen LogP) is 3.78. The molecule has 2 atom stereocenters. The van der Waals surface area contributed by atoms with Gasteiger partial charge >= 0.3 is 12.1 Å². The molecule has 0 radical (unpaired) electrons. The number of hydrogen-bond acceptors (Lipinski definition) is 6. The molecule has 2 aromatic heterocycles. The number of pyridine rings is 1. The summed E-state index contributed by atoms with van der Waals surface area (Å²) in [7, 11) is 1.81. The van der Waals surface area contributed by atoms with Gasteiger partial charge in [-0.05, 0) is 43.2 Å². The summed E-state index contributed by atoms with van der Waals surface area (Å²) in [6.07, 6.45) is 5.66. The van der Waals surface area contributed by atoms with E-state index in [9.17, 15) is 14.7 Å². The normalized spacial score (nSPS) is 18.8. The van der Waals surface area contributed by atoms with Crippen LogP contribution >= 0.6 is 0 Å². The lowest BCUT2D eigenvalue weighted by Crippen LogP contribution is -2.29. The van der Waals surface area contributed by atoms with Crippen LogP contribution in [0.2, 0.25) is 0 Å². The standard InChI is InChI=1S/C23H32N4O5/c1-23(2,3)14-31-22(30)25-13-20-18(12-26-27(20)4)19-9-8-17(11-24-19)32-16-7-5-6-15(10-16)21(28)29/h8-9,11-12,15-16H,5-7,10,13-14H2,1-4H3,(H,25,30)(H,28,29)/t15?,16-/m0/s1. The van der Waals surface area contributed by atoms with Crippen LogP contribution in [0.1, 0.15) is 52.1 Å². The van der Waals surface area contributed by atoms with Crippen LogP contribution in [0.3, 0.4) is 0 Å². The number of carbonyl (C=O) groups is 2. The third-order valence-corrected chi connectivity index (χ3v) is 5.39. The molecule has 2 heterocycles. The number of alkyl carbamates (subject to hydrolysis) is 1. The average molecular weight is 445 g/mol. The Bertz CT molecular complexity index is 933. The Kier molecular flexibility index (Phi) is 7.37. The number of hydrogen-bond donors (Lipinski definition) is 2. The molecule has 1 aliphatic carbocycles. The molecule has 1 amide bonds. The van der Waals surface area contributed by atoms with E-state index >= 15 is 0 Å². The number of carboxylic acids is 1. The van der Waals surface area contributed by atoms with Gasteiger partial charge in [-0.1, -0.05) is 20.8 Å². The van der Waals surface area contributed by atoms with Gasteiger partial charge in [-0.15, -0.1) is 0 Å². The topological polar surface area (TPSA) is 116 Å². The Labute approximate surface area is 188 Å². The van der Waals surface area contributed by atoms with Crippen molar-refractivity contribution in [3.05, 3.63) is 30.2 Å². The first-order chi connectivity index (χ1) is 15.1. The molecule has 2 aromatic rings. The first-order valence-electron chi connectivity index (χ1n) is 10.9. The van der Waals surface area contributed by atoms with E-state index in [-0.39, 0.29) is 24.0 Å². The quantitative estimate of drug-likeness (QED) is 0.668. The molecule has 32 heavy (non-hydrogen) atoms. The van der Waals surface area contributed by atoms with E-state index in [0.29, 0.717) is 30.9 Å². The molecule has 1 aliphatic rings. The van der Waals surface area contributed by atoms with E-state index in [1.807, 2.05) is 32.9 Å². The molecule has 9 nitrogen and oxygen atoms in total. The summed E-state index contributed by atoms with van der Waals surface area (Å²) in [5.41, 5.74) is 2.21. The minimum atomic E-state index is -0.758. The highest BCUT2D eigenvalue weighted by molar-refractivity contribution is 5.70. The van der Waals surface area contributed by atoms with Crippen molar-refractivity contribution in [3.63, 3.8) is 0 Å². The fraction of sp³-hybridized carbons (Fsp3) is 0.565. The highest BCUT2D eigenvalue weighted by Crippen LogP contribution is 2.29. The molecular formula is C23H32N4O5. The number of nitrogens with zero attached hydrogens (tertiary/aromatic N) is 3. The number of nitrogens with one attached hydrogen (secondary N) is 1. The smallest absolute Gasteiger partial charge is 0.407 e. The monoisotopic (exact) mass is 444 g/mol. The molecule has 9 heteroatoms. The molecular weight excluding hydrogens is 412 g/mol. The predicted molar refractivity (Wildman–Crippen MR) is 118 cm³/mol. The zero-order valence-corrected chi connectivity index (χ0v) is 19.1. The van der Waals surface area contributed by atoms with Crippen LogP contribution in [0, 0.1) is 11.3 Å². The van der Waals surface area contributed by atoms with Gasteiger partial charge in [-0.25, -0.2) is 4.79 Å². The van der Waals surface area contributed by atoms with Crippen molar-refractivity contribution in [2.75, 3.05) is 6.61 Å². The summed E-state index contributed by atoms with van der Waals surface area (Å²) in [5.74, 6) is -0.493. The SMILES string of the molecule is Cn1ncc(-c2ccc(O[C@H]3CCCC(C(=O)O)C3)cn2)c1CNC(=O)OCC(C)(C)C. The maximum Gasteiger partial charge on any atom is 0.407 e. The second kappa shape index (κ2) is 10.0. The van der Waals surface area contributed by atoms with Crippen molar-refractivity contribution in [3.8, 4) is 17.0 Å². The molecule has 2 N–H and O–H groups in total. The van der Waals surface area contributed by atoms with Crippen LogP contribution in [0.5, 0.6) is 5.75 Å². The molecule has 0 saturated heterocycles. The van der Waals surface area contributed by atoms with E-state index in [4.69, 9.17) is 9.47 Å². The van der Waals surface area contributed by atoms with Crippen molar-refractivity contribution in [2.24, 2.45) is 18.4 Å². The zero-order valence-electron chi connectivity index (χ0n) is 19.1. The van der Waals surface area contributed by atoms with E-state index in [1.54, 1.807) is 24.1 Å². The number of carbonyl (C=O) groups excluding carboxylic acids is 1. The van der Waals surface area contributed by atoms with Crippen LogP contribution in [0.15, 0.2) is 24.5 Å². The van der Waals surface area contributed by atoms with Gasteiger partial charge in [0.15, 0.2) is 0 Å². The van der Waals surface area contributed by atoms with Gasteiger partial charge in [0.2, 0.25) is 0 Å². The van der Waals surface area contributed by atoms with E-state index < -0.39 is 12.1 Å². The lowest BCUT2D eigenvalue weighted by Gasteiger charge is -2.27. The van der Waals surface area contributed by atoms with Crippen molar-refractivity contribution in [2.45, 2.75) is 59.1 Å². The van der Waals surface area contributed by atoms with E-state index in [1.165, 1.54) is 0 Å². The highest BCUT2D eigenvalue weighted by atomic mass is 16.5. The third kappa shape index (κ3) is 6.45. The molecule has 0 bridgehead atoms. The zero-order chi connectivity index (χ0) is 23.3. The largest absolute Gasteiger partial charge is 0.489 e. The highest BCUT2D eigenvalue weighted by Gasteiger charge is 2.28. The Morgan fingerprint density at radius 2 is 2.03 bits per heavy atom. The van der Waals surface area contributed by atoms with Gasteiger partial charge in [-0.2, -0.15) is 5.10 Å². The van der Waals surface area contributed by atoms with Crippen molar-refractivity contribution in [1.29, 1.82) is 0 Å². The molecule has 0 aliphatic heterocycles. The van der Waals surface area contributed by atoms with Crippen molar-refractivity contribution < 1.29 is 24.2 Å². The Hall–Kier alpha value is -3.10. The lowest BCUT2D eigenvalue weighted by molar-refractivity contribution is -0.143. The number of carboxylic acid groups (broad SMARTS) is 1. The van der Waals surface area contributed by atoms with E-state index in [0.717, 1.165) is 24.1 Å². The molecule has 0 spiro atoms. The number of ether oxygens (including phenoxy) is 2. The minimum absolute atomic E-state index is 0.102. The van der Waals surface area contributed by atoms with Gasteiger partial charge < -0.3 is 19.9 Å². The molecule has 3 rings (SSSR count). The Balaban J connectivity index is 1.61. The first-order valence-corrected chi connectivity index (χ1v) is 10.9. The van der Waals surface area contributed by atoms with Crippen LogP contribution in [-0.2, 0) is 23.1 Å². The molecule has 0 aromatic carbocycles. The number of rotatable bonds is 7. The van der Waals surface area contributed by atoms with Crippen LogP contribution in [-0.4, -0.2) is 44.6 Å². The lowest BCUT2D eigenvalue weighted by atomic mass is 9.87. The van der Waals surface area contributed by atoms with Crippen LogP contribution in [0.25, 0.3) is 11.3 Å². The molecule has 1 fully saturated rings. The Morgan fingerprint density at radius 3 is 2.69 bits per heavy atom. The fourth-order valence-electron chi connectivity index (χ4n) is 3.65. The Morgan fingerprint density at radius 1 is 1.25 bits per heavy atom. The van der Waals surface area contributed by atoms with Crippen LogP contribution < -0.4 is 10.1 Å². The number of amides is 1. The average Bonchev–Trinajstić information content (AvgIpc) is 3.11. The summed E-state index contributed by atoms with van der Waals surface area (Å²) in [6.45, 7) is 6.58. The molecule has 174 valence electrons. The summed E-state index contributed by atoms with van der Waals surface area (Å²) < 4.78 is 12.9. The van der Waals surface area contributed by atoms with Gasteiger partial charge in [0, 0.05) is 12.6 Å². The number of aliphatic carboxylic acids is 1. The molecule has 1 unspecified atom stereocenters. The van der Waals surface area contributed by atoms with Gasteiger partial charge in [0.25, 0.3) is 0 Å². The fourth-order valence-corrected chi connectivity index (χ4v) is 3.65. The van der Waals surface area contributed by atoms with Crippen LogP contribution in [0.4, 0.5) is 4.79 Å². The summed E-state index contributed by atoms with van der Waals surface area (Å²) in [5, 5.41) is 16.3. The number of aryl methyl sites for hydroxylation is 1. The summed E-state index contributed by atoms with van der Waals surface area (Å²) in [6, 6.07) is 3.67. The number of aromatic nitrogens is 3. The second-order valence-corrected chi connectivity index (χ2v) is 9.44. The van der Waals surface area contributed by atoms with Gasteiger partial charge in [0.1, 0.15) is 5.75 Å². The van der Waals surface area contributed by atoms with Gasteiger partial charge in [-0.3, -0.25) is 14.5 Å².